The van der Waals surface area contributed by atoms with Gasteiger partial charge in [0.2, 0.25) is 0 Å². The molecule has 0 radical (unpaired) electrons. The Morgan fingerprint density at radius 2 is 1.78 bits per heavy atom. The number of anilines is 1. The number of ether oxygens (including phenoxy) is 1. The lowest BCUT2D eigenvalue weighted by molar-refractivity contribution is -0.385. The minimum atomic E-state index is -0.474. The highest BCUT2D eigenvalue weighted by Crippen LogP contribution is 2.23. The SMILES string of the molecule is Cc1ccc(NC(=O)COc2c(C)cccc2C)cc1[N+](=O)[O-]. The summed E-state index contributed by atoms with van der Waals surface area (Å²) in [6.45, 7) is 5.30. The normalized spacial score (nSPS) is 10.2. The van der Waals surface area contributed by atoms with Crippen LogP contribution in [0.3, 0.4) is 0 Å². The van der Waals surface area contributed by atoms with E-state index >= 15 is 0 Å². The van der Waals surface area contributed by atoms with Crippen LogP contribution in [-0.4, -0.2) is 17.4 Å². The molecule has 23 heavy (non-hydrogen) atoms. The third kappa shape index (κ3) is 4.06. The van der Waals surface area contributed by atoms with Gasteiger partial charge >= 0.3 is 0 Å². The van der Waals surface area contributed by atoms with Crippen LogP contribution < -0.4 is 10.1 Å². The molecule has 1 amide bonds. The van der Waals surface area contributed by atoms with Crippen molar-refractivity contribution in [2.45, 2.75) is 20.8 Å². The second-order valence-corrected chi connectivity index (χ2v) is 5.32. The molecule has 0 aliphatic rings. The molecule has 6 nitrogen and oxygen atoms in total. The molecule has 0 atom stereocenters. The fourth-order valence-corrected chi connectivity index (χ4v) is 2.25. The average Bonchev–Trinajstić information content (AvgIpc) is 2.48. The molecule has 0 bridgehead atoms. The van der Waals surface area contributed by atoms with Crippen molar-refractivity contribution in [1.29, 1.82) is 0 Å². The lowest BCUT2D eigenvalue weighted by Crippen LogP contribution is -2.20. The van der Waals surface area contributed by atoms with E-state index in [1.165, 1.54) is 6.07 Å². The second-order valence-electron chi connectivity index (χ2n) is 5.32. The number of hydrogen-bond acceptors (Lipinski definition) is 4. The number of carbonyl (C=O) groups excluding carboxylic acids is 1. The highest BCUT2D eigenvalue weighted by molar-refractivity contribution is 5.92. The zero-order valence-corrected chi connectivity index (χ0v) is 13.3. The van der Waals surface area contributed by atoms with Crippen LogP contribution in [0.4, 0.5) is 11.4 Å². The van der Waals surface area contributed by atoms with Crippen molar-refractivity contribution in [3.05, 3.63) is 63.2 Å². The van der Waals surface area contributed by atoms with Crippen LogP contribution in [-0.2, 0) is 4.79 Å². The van der Waals surface area contributed by atoms with Crippen molar-refractivity contribution in [3.63, 3.8) is 0 Å². The standard InChI is InChI=1S/C17H18N2O4/c1-11-7-8-14(9-15(11)19(21)22)18-16(20)10-23-17-12(2)5-4-6-13(17)3/h4-9H,10H2,1-3H3,(H,18,20). The Morgan fingerprint density at radius 3 is 2.39 bits per heavy atom. The zero-order chi connectivity index (χ0) is 17.0. The summed E-state index contributed by atoms with van der Waals surface area (Å²) in [5, 5.41) is 13.5. The summed E-state index contributed by atoms with van der Waals surface area (Å²) in [5.74, 6) is 0.309. The van der Waals surface area contributed by atoms with Crippen LogP contribution in [0.25, 0.3) is 0 Å². The molecule has 120 valence electrons. The number of nitro groups is 1. The van der Waals surface area contributed by atoms with Crippen molar-refractivity contribution in [3.8, 4) is 5.75 Å². The van der Waals surface area contributed by atoms with Gasteiger partial charge in [0.05, 0.1) is 4.92 Å². The summed E-state index contributed by atoms with van der Waals surface area (Å²) < 4.78 is 5.56. The number of aryl methyl sites for hydroxylation is 3. The molecule has 0 aliphatic carbocycles. The highest BCUT2D eigenvalue weighted by atomic mass is 16.6. The van der Waals surface area contributed by atoms with Crippen LogP contribution in [0.15, 0.2) is 36.4 Å². The summed E-state index contributed by atoms with van der Waals surface area (Å²) >= 11 is 0. The Bertz CT molecular complexity index is 736. The number of benzene rings is 2. The molecule has 0 heterocycles. The number of carbonyl (C=O) groups is 1. The molecule has 0 spiro atoms. The number of rotatable bonds is 5. The molecule has 2 aromatic rings. The van der Waals surface area contributed by atoms with Gasteiger partial charge in [0.1, 0.15) is 5.75 Å². The number of para-hydroxylation sites is 1. The van der Waals surface area contributed by atoms with Crippen LogP contribution in [0.2, 0.25) is 0 Å². The average molecular weight is 314 g/mol. The van der Waals surface area contributed by atoms with Gasteiger partial charge in [0.25, 0.3) is 11.6 Å². The summed E-state index contributed by atoms with van der Waals surface area (Å²) in [5.41, 5.74) is 2.78. The van der Waals surface area contributed by atoms with Crippen molar-refractivity contribution >= 4 is 17.3 Å². The first-order valence-electron chi connectivity index (χ1n) is 7.12. The van der Waals surface area contributed by atoms with E-state index < -0.39 is 4.92 Å². The van der Waals surface area contributed by atoms with E-state index in [1.807, 2.05) is 32.0 Å². The fraction of sp³-hybridized carbons (Fsp3) is 0.235. The van der Waals surface area contributed by atoms with E-state index in [0.29, 0.717) is 17.0 Å². The van der Waals surface area contributed by atoms with Gasteiger partial charge in [0.15, 0.2) is 6.61 Å². The van der Waals surface area contributed by atoms with Gasteiger partial charge in [0, 0.05) is 17.3 Å². The lowest BCUT2D eigenvalue weighted by atomic mass is 10.1. The summed E-state index contributed by atoms with van der Waals surface area (Å²) in [4.78, 5) is 22.4. The van der Waals surface area contributed by atoms with E-state index in [-0.39, 0.29) is 18.2 Å². The largest absolute Gasteiger partial charge is 0.483 e. The van der Waals surface area contributed by atoms with Crippen LogP contribution in [0.1, 0.15) is 16.7 Å². The molecular weight excluding hydrogens is 296 g/mol. The summed E-state index contributed by atoms with van der Waals surface area (Å²) in [6.07, 6.45) is 0. The molecule has 1 N–H and O–H groups in total. The molecule has 0 fully saturated rings. The number of amides is 1. The first-order chi connectivity index (χ1) is 10.9. The molecule has 2 rings (SSSR count). The van der Waals surface area contributed by atoms with Gasteiger partial charge in [-0.3, -0.25) is 14.9 Å². The first-order valence-corrected chi connectivity index (χ1v) is 7.12. The molecule has 0 aliphatic heterocycles. The molecule has 6 heteroatoms. The predicted molar refractivity (Wildman–Crippen MR) is 87.9 cm³/mol. The lowest BCUT2D eigenvalue weighted by Gasteiger charge is -2.12. The smallest absolute Gasteiger partial charge is 0.274 e. The first kappa shape index (κ1) is 16.5. The number of nitrogens with zero attached hydrogens (tertiary/aromatic N) is 1. The third-order valence-corrected chi connectivity index (χ3v) is 3.45. The van der Waals surface area contributed by atoms with Gasteiger partial charge in [-0.25, -0.2) is 0 Å². The molecule has 0 saturated heterocycles. The minimum absolute atomic E-state index is 0.0292. The molecule has 2 aromatic carbocycles. The van der Waals surface area contributed by atoms with E-state index in [1.54, 1.807) is 19.1 Å². The number of hydrogen-bond donors (Lipinski definition) is 1. The van der Waals surface area contributed by atoms with Crippen LogP contribution in [0, 0.1) is 30.9 Å². The van der Waals surface area contributed by atoms with Gasteiger partial charge in [-0.05, 0) is 38.0 Å². The zero-order valence-electron chi connectivity index (χ0n) is 13.3. The van der Waals surface area contributed by atoms with Gasteiger partial charge in [-0.1, -0.05) is 24.3 Å². The minimum Gasteiger partial charge on any atom is -0.483 e. The Morgan fingerprint density at radius 1 is 1.13 bits per heavy atom. The highest BCUT2D eigenvalue weighted by Gasteiger charge is 2.13. The number of nitrogens with one attached hydrogen (secondary N) is 1. The Balaban J connectivity index is 2.03. The van der Waals surface area contributed by atoms with Crippen LogP contribution in [0.5, 0.6) is 5.75 Å². The van der Waals surface area contributed by atoms with Crippen molar-refractivity contribution in [2.24, 2.45) is 0 Å². The Hall–Kier alpha value is -2.89. The van der Waals surface area contributed by atoms with E-state index in [0.717, 1.165) is 11.1 Å². The van der Waals surface area contributed by atoms with E-state index in [4.69, 9.17) is 4.74 Å². The Kier molecular flexibility index (Phi) is 4.95. The van der Waals surface area contributed by atoms with Crippen LogP contribution >= 0.6 is 0 Å². The molecule has 0 saturated carbocycles. The van der Waals surface area contributed by atoms with Crippen molar-refractivity contribution in [2.75, 3.05) is 11.9 Å². The topological polar surface area (TPSA) is 81.5 Å². The predicted octanol–water partition coefficient (Wildman–Crippen LogP) is 3.54. The maximum absolute atomic E-state index is 12.0. The quantitative estimate of drug-likeness (QED) is 0.676. The number of nitro benzene ring substituents is 1. The maximum Gasteiger partial charge on any atom is 0.274 e. The summed E-state index contributed by atoms with van der Waals surface area (Å²) in [7, 11) is 0. The van der Waals surface area contributed by atoms with Crippen molar-refractivity contribution < 1.29 is 14.5 Å². The molecule has 0 unspecified atom stereocenters. The van der Waals surface area contributed by atoms with Crippen molar-refractivity contribution in [1.82, 2.24) is 0 Å². The van der Waals surface area contributed by atoms with Gasteiger partial charge in [-0.15, -0.1) is 0 Å². The Labute approximate surface area is 134 Å². The molecular formula is C17H18N2O4. The van der Waals surface area contributed by atoms with E-state index in [9.17, 15) is 14.9 Å². The second kappa shape index (κ2) is 6.91. The fourth-order valence-electron chi connectivity index (χ4n) is 2.25. The molecule has 0 aromatic heterocycles. The monoisotopic (exact) mass is 314 g/mol. The van der Waals surface area contributed by atoms with Gasteiger partial charge in [-0.2, -0.15) is 0 Å². The maximum atomic E-state index is 12.0. The van der Waals surface area contributed by atoms with E-state index in [2.05, 4.69) is 5.32 Å². The van der Waals surface area contributed by atoms with Gasteiger partial charge < -0.3 is 10.1 Å². The summed E-state index contributed by atoms with van der Waals surface area (Å²) in [6, 6.07) is 10.3. The third-order valence-electron chi connectivity index (χ3n) is 3.45.